The summed E-state index contributed by atoms with van der Waals surface area (Å²) < 4.78 is 47.1. The highest BCUT2D eigenvalue weighted by Crippen LogP contribution is 2.39. The molecule has 6 aromatic rings. The number of aromatic nitrogens is 3. The third-order valence-corrected chi connectivity index (χ3v) is 12.8. The predicted molar refractivity (Wildman–Crippen MR) is 248 cm³/mol. The number of carboxylic acids is 1. The van der Waals surface area contributed by atoms with Gasteiger partial charge in [-0.3, -0.25) is 4.68 Å². The van der Waals surface area contributed by atoms with Gasteiger partial charge in [0, 0.05) is 81.0 Å². The maximum atomic E-state index is 13.4. The number of rotatable bonds is 17. The first kappa shape index (κ1) is 45.9. The first-order chi connectivity index (χ1) is 30.5. The SMILES string of the molecule is CN(CCCn1c(C(=O)O)c(CCCOc2cccc3ccccc23)c2cccc(-c3c(COc4ccc(N5CCN(S(C)(=O)=O)CC5)cc4)nn(C)c3CO)c21)C(=O)OC(C)(C)C. The van der Waals surface area contributed by atoms with E-state index in [9.17, 15) is 28.2 Å². The van der Waals surface area contributed by atoms with E-state index in [1.165, 1.54) is 15.5 Å². The van der Waals surface area contributed by atoms with Crippen molar-refractivity contribution >= 4 is 49.4 Å². The molecule has 1 amide bonds. The second-order valence-corrected chi connectivity index (χ2v) is 19.1. The largest absolute Gasteiger partial charge is 0.493 e. The number of aromatic carboxylic acids is 1. The summed E-state index contributed by atoms with van der Waals surface area (Å²) >= 11 is 0. The summed E-state index contributed by atoms with van der Waals surface area (Å²) in [5, 5.41) is 29.4. The van der Waals surface area contributed by atoms with Crippen LogP contribution in [0.25, 0.3) is 32.8 Å². The summed E-state index contributed by atoms with van der Waals surface area (Å²) in [7, 11) is 0.181. The van der Waals surface area contributed by atoms with Crippen molar-refractivity contribution in [3.63, 3.8) is 0 Å². The molecule has 1 fully saturated rings. The van der Waals surface area contributed by atoms with Crippen molar-refractivity contribution in [1.29, 1.82) is 0 Å². The molecule has 64 heavy (non-hydrogen) atoms. The molecular formula is C48H58N6O9S. The number of hydrogen-bond donors (Lipinski definition) is 2. The van der Waals surface area contributed by atoms with Gasteiger partial charge in [0.25, 0.3) is 0 Å². The van der Waals surface area contributed by atoms with Gasteiger partial charge < -0.3 is 38.8 Å². The molecule has 15 nitrogen and oxygen atoms in total. The van der Waals surface area contributed by atoms with Crippen LogP contribution < -0.4 is 14.4 Å². The monoisotopic (exact) mass is 894 g/mol. The number of para-hydroxylation sites is 1. The van der Waals surface area contributed by atoms with Crippen molar-refractivity contribution in [3.05, 3.63) is 108 Å². The summed E-state index contributed by atoms with van der Waals surface area (Å²) in [4.78, 5) is 29.9. The Balaban J connectivity index is 1.20. The van der Waals surface area contributed by atoms with Crippen LogP contribution in [0, 0.1) is 0 Å². The van der Waals surface area contributed by atoms with E-state index in [1.54, 1.807) is 18.8 Å². The number of benzene rings is 4. The number of amides is 1. The molecule has 0 unspecified atom stereocenters. The summed E-state index contributed by atoms with van der Waals surface area (Å²) in [5.74, 6) is 0.280. The fraction of sp³-hybridized carbons (Fsp3) is 0.396. The van der Waals surface area contributed by atoms with Crippen LogP contribution in [0.3, 0.4) is 0 Å². The van der Waals surface area contributed by atoms with Crippen LogP contribution in [0.15, 0.2) is 84.9 Å². The van der Waals surface area contributed by atoms with E-state index in [-0.39, 0.29) is 25.5 Å². The van der Waals surface area contributed by atoms with Crippen molar-refractivity contribution < 1.29 is 42.4 Å². The number of fused-ring (bicyclic) bond motifs is 2. The number of aliphatic hydroxyl groups is 1. The quantitative estimate of drug-likeness (QED) is 0.0881. The number of carbonyl (C=O) groups excluding carboxylic acids is 1. The number of nitrogens with zero attached hydrogens (tertiary/aromatic N) is 6. The Hall–Kier alpha value is -6.10. The van der Waals surface area contributed by atoms with E-state index in [1.807, 2.05) is 110 Å². The van der Waals surface area contributed by atoms with Gasteiger partial charge in [0.05, 0.1) is 30.7 Å². The van der Waals surface area contributed by atoms with Crippen LogP contribution >= 0.6 is 0 Å². The van der Waals surface area contributed by atoms with Crippen molar-refractivity contribution in [2.45, 2.75) is 65.4 Å². The van der Waals surface area contributed by atoms with Gasteiger partial charge in [-0.15, -0.1) is 0 Å². The van der Waals surface area contributed by atoms with E-state index >= 15 is 0 Å². The van der Waals surface area contributed by atoms with Gasteiger partial charge in [0.1, 0.15) is 35.1 Å². The molecular weight excluding hydrogens is 837 g/mol. The van der Waals surface area contributed by atoms with Crippen molar-refractivity contribution in [3.8, 4) is 22.6 Å². The molecule has 0 bridgehead atoms. The van der Waals surface area contributed by atoms with E-state index in [2.05, 4.69) is 4.90 Å². The van der Waals surface area contributed by atoms with Crippen LogP contribution in [-0.2, 0) is 48.0 Å². The van der Waals surface area contributed by atoms with Crippen molar-refractivity contribution in [1.82, 2.24) is 23.6 Å². The molecule has 340 valence electrons. The van der Waals surface area contributed by atoms with Gasteiger partial charge in [0.2, 0.25) is 10.0 Å². The molecule has 2 aromatic heterocycles. The zero-order chi connectivity index (χ0) is 45.8. The second-order valence-electron chi connectivity index (χ2n) is 17.2. The molecule has 1 saturated heterocycles. The zero-order valence-corrected chi connectivity index (χ0v) is 38.2. The number of hydrogen-bond acceptors (Lipinski definition) is 10. The Labute approximate surface area is 374 Å². The molecule has 3 heterocycles. The molecule has 7 rings (SSSR count). The number of anilines is 1. The highest BCUT2D eigenvalue weighted by atomic mass is 32.2. The molecule has 0 aliphatic carbocycles. The lowest BCUT2D eigenvalue weighted by atomic mass is 9.98. The molecule has 0 atom stereocenters. The molecule has 2 N–H and O–H groups in total. The first-order valence-electron chi connectivity index (χ1n) is 21.5. The van der Waals surface area contributed by atoms with E-state index in [4.69, 9.17) is 19.3 Å². The number of ether oxygens (including phenoxy) is 3. The second kappa shape index (κ2) is 19.3. The van der Waals surface area contributed by atoms with Crippen LogP contribution in [0.2, 0.25) is 0 Å². The summed E-state index contributed by atoms with van der Waals surface area (Å²) in [6, 6.07) is 27.3. The van der Waals surface area contributed by atoms with E-state index in [0.717, 1.165) is 27.6 Å². The lowest BCUT2D eigenvalue weighted by Crippen LogP contribution is -2.48. The summed E-state index contributed by atoms with van der Waals surface area (Å²) in [6.45, 7) is 8.08. The molecule has 16 heteroatoms. The van der Waals surface area contributed by atoms with Gasteiger partial charge in [0.15, 0.2) is 0 Å². The van der Waals surface area contributed by atoms with Crippen LogP contribution in [0.1, 0.15) is 61.1 Å². The average Bonchev–Trinajstić information content (AvgIpc) is 3.76. The Morgan fingerprint density at radius 1 is 0.875 bits per heavy atom. The number of sulfonamides is 1. The Morgan fingerprint density at radius 2 is 1.56 bits per heavy atom. The minimum absolute atomic E-state index is 0.0531. The van der Waals surface area contributed by atoms with Gasteiger partial charge in [-0.2, -0.15) is 9.40 Å². The maximum absolute atomic E-state index is 13.4. The van der Waals surface area contributed by atoms with Gasteiger partial charge in [-0.05, 0) is 81.3 Å². The molecule has 1 aliphatic heterocycles. The Kier molecular flexibility index (Phi) is 13.9. The van der Waals surface area contributed by atoms with E-state index in [0.29, 0.717) is 97.9 Å². The smallest absolute Gasteiger partial charge is 0.410 e. The van der Waals surface area contributed by atoms with Gasteiger partial charge in [-0.1, -0.05) is 54.6 Å². The molecule has 1 aliphatic rings. The Bertz CT molecular complexity index is 2730. The minimum atomic E-state index is -3.24. The van der Waals surface area contributed by atoms with Crippen LogP contribution in [0.4, 0.5) is 10.5 Å². The third-order valence-electron chi connectivity index (χ3n) is 11.5. The molecule has 4 aromatic carbocycles. The normalized spacial score (nSPS) is 13.7. The van der Waals surface area contributed by atoms with Crippen molar-refractivity contribution in [2.75, 3.05) is 57.5 Å². The highest BCUT2D eigenvalue weighted by molar-refractivity contribution is 7.88. The van der Waals surface area contributed by atoms with E-state index < -0.39 is 27.7 Å². The third kappa shape index (κ3) is 10.3. The molecule has 0 saturated carbocycles. The van der Waals surface area contributed by atoms with Crippen LogP contribution in [0.5, 0.6) is 11.5 Å². The number of piperazine rings is 1. The lowest BCUT2D eigenvalue weighted by molar-refractivity contribution is 0.0294. The van der Waals surface area contributed by atoms with Gasteiger partial charge in [-0.25, -0.2) is 18.0 Å². The fourth-order valence-electron chi connectivity index (χ4n) is 8.45. The number of aliphatic hydroxyl groups excluding tert-OH is 1. The first-order valence-corrected chi connectivity index (χ1v) is 23.4. The standard InChI is InChI=1S/C48H58N6O9S/c1-48(2,3)63-47(58)50(4)24-12-25-54-44-37(38(45(54)46(56)57)18-11-30-61-42-19-9-14-33-13-7-8-15-36(33)42)16-10-17-39(44)43-40(49-51(5)41(43)31-55)32-62-35-22-20-34(21-23-35)52-26-28-53(29-27-52)64(6,59)60/h7-10,13-17,19-23,55H,11-12,18,24-32H2,1-6H3,(H,56,57). The zero-order valence-electron chi connectivity index (χ0n) is 37.4. The topological polar surface area (TPSA) is 169 Å². The van der Waals surface area contributed by atoms with Crippen LogP contribution in [-0.4, -0.2) is 112 Å². The maximum Gasteiger partial charge on any atom is 0.410 e. The lowest BCUT2D eigenvalue weighted by Gasteiger charge is -2.34. The molecule has 0 spiro atoms. The molecule has 0 radical (unpaired) electrons. The fourth-order valence-corrected chi connectivity index (χ4v) is 9.28. The summed E-state index contributed by atoms with van der Waals surface area (Å²) in [5.41, 5.74) is 4.20. The number of carbonyl (C=O) groups is 2. The minimum Gasteiger partial charge on any atom is -0.493 e. The number of aryl methyl sites for hydroxylation is 3. The predicted octanol–water partition coefficient (Wildman–Crippen LogP) is 7.31. The van der Waals surface area contributed by atoms with Crippen molar-refractivity contribution in [2.24, 2.45) is 7.05 Å². The number of carboxylic acid groups (broad SMARTS) is 1. The Morgan fingerprint density at radius 3 is 2.25 bits per heavy atom. The highest BCUT2D eigenvalue weighted by Gasteiger charge is 2.29. The summed E-state index contributed by atoms with van der Waals surface area (Å²) in [6.07, 6.45) is 2.15. The average molecular weight is 895 g/mol. The van der Waals surface area contributed by atoms with Gasteiger partial charge >= 0.3 is 12.1 Å².